The molecule has 1 saturated carbocycles. The van der Waals surface area contributed by atoms with E-state index in [4.69, 9.17) is 4.74 Å². The smallest absolute Gasteiger partial charge is 0.411 e. The highest BCUT2D eigenvalue weighted by molar-refractivity contribution is 5.96. The highest BCUT2D eigenvalue weighted by atomic mass is 19.4. The van der Waals surface area contributed by atoms with Crippen LogP contribution in [0.3, 0.4) is 0 Å². The average molecular weight is 314 g/mol. The first-order valence-electron chi connectivity index (χ1n) is 6.92. The number of rotatable bonds is 7. The van der Waals surface area contributed by atoms with Gasteiger partial charge in [-0.15, -0.1) is 0 Å². The largest absolute Gasteiger partial charge is 0.496 e. The van der Waals surface area contributed by atoms with Crippen LogP contribution in [-0.2, 0) is 16.1 Å². The van der Waals surface area contributed by atoms with E-state index in [9.17, 15) is 18.0 Å². The van der Waals surface area contributed by atoms with Gasteiger partial charge in [0.05, 0.1) is 13.7 Å². The molecule has 2 rings (SSSR count). The number of ether oxygens (including phenoxy) is 2. The van der Waals surface area contributed by atoms with Gasteiger partial charge >= 0.3 is 6.18 Å². The van der Waals surface area contributed by atoms with E-state index >= 15 is 0 Å². The minimum Gasteiger partial charge on any atom is -0.496 e. The van der Waals surface area contributed by atoms with E-state index in [-0.39, 0.29) is 18.3 Å². The zero-order valence-electron chi connectivity index (χ0n) is 12.2. The summed E-state index contributed by atoms with van der Waals surface area (Å²) in [7, 11) is 1.44. The van der Waals surface area contributed by atoms with Gasteiger partial charge in [-0.05, 0) is 36.6 Å². The van der Waals surface area contributed by atoms with Gasteiger partial charge in [0.25, 0.3) is 0 Å². The maximum atomic E-state index is 12.1. The van der Waals surface area contributed by atoms with E-state index < -0.39 is 12.8 Å². The summed E-state index contributed by atoms with van der Waals surface area (Å²) in [5.74, 6) is 0.683. The molecule has 1 aromatic rings. The van der Waals surface area contributed by atoms with Crippen molar-refractivity contribution in [1.29, 1.82) is 0 Å². The summed E-state index contributed by atoms with van der Waals surface area (Å²) in [5.41, 5.74) is 1.23. The Bertz CT molecular complexity index is 560. The lowest BCUT2D eigenvalue weighted by molar-refractivity contribution is -0.176. The van der Waals surface area contributed by atoms with E-state index in [0.717, 1.165) is 18.4 Å². The van der Waals surface area contributed by atoms with E-state index in [1.165, 1.54) is 13.2 Å². The normalized spacial score (nSPS) is 15.3. The third-order valence-corrected chi connectivity index (χ3v) is 3.25. The lowest BCUT2D eigenvalue weighted by Crippen LogP contribution is -2.16. The lowest BCUT2D eigenvalue weighted by Gasteiger charge is -2.11. The molecule has 0 aromatic heterocycles. The van der Waals surface area contributed by atoms with Crippen LogP contribution in [-0.4, -0.2) is 25.7 Å². The average Bonchev–Trinajstić information content (AvgIpc) is 3.28. The molecule has 0 radical (unpaired) electrons. The van der Waals surface area contributed by atoms with Crippen molar-refractivity contribution in [2.75, 3.05) is 13.7 Å². The van der Waals surface area contributed by atoms with Gasteiger partial charge < -0.3 is 9.47 Å². The summed E-state index contributed by atoms with van der Waals surface area (Å²) in [5, 5.41) is 0. The highest BCUT2D eigenvalue weighted by Gasteiger charge is 2.28. The predicted octanol–water partition coefficient (Wildman–Crippen LogP) is 3.77. The number of halogens is 3. The third-order valence-electron chi connectivity index (χ3n) is 3.25. The topological polar surface area (TPSA) is 35.5 Å². The number of methoxy groups -OCH3 is 1. The molecule has 0 spiro atoms. The summed E-state index contributed by atoms with van der Waals surface area (Å²) < 4.78 is 46.1. The molecule has 1 aromatic carbocycles. The van der Waals surface area contributed by atoms with Crippen molar-refractivity contribution in [3.05, 3.63) is 35.4 Å². The van der Waals surface area contributed by atoms with Gasteiger partial charge in [-0.3, -0.25) is 4.79 Å². The van der Waals surface area contributed by atoms with Gasteiger partial charge in [-0.25, -0.2) is 0 Å². The van der Waals surface area contributed by atoms with Crippen molar-refractivity contribution in [3.8, 4) is 5.75 Å². The van der Waals surface area contributed by atoms with Crippen LogP contribution in [0.15, 0.2) is 24.3 Å². The second kappa shape index (κ2) is 6.96. The third kappa shape index (κ3) is 5.18. The van der Waals surface area contributed by atoms with Crippen LogP contribution >= 0.6 is 0 Å². The number of alkyl halides is 3. The monoisotopic (exact) mass is 314 g/mol. The number of carbonyl (C=O) groups excluding carboxylic acids is 1. The number of benzene rings is 1. The lowest BCUT2D eigenvalue weighted by atomic mass is 10.1. The molecule has 0 heterocycles. The molecule has 1 aliphatic carbocycles. The van der Waals surface area contributed by atoms with Crippen LogP contribution in [0.1, 0.15) is 24.0 Å². The van der Waals surface area contributed by atoms with Crippen LogP contribution in [0.2, 0.25) is 0 Å². The highest BCUT2D eigenvalue weighted by Crippen LogP contribution is 2.30. The molecule has 0 atom stereocenters. The fraction of sp³-hybridized carbons (Fsp3) is 0.438. The van der Waals surface area contributed by atoms with Crippen LogP contribution < -0.4 is 4.74 Å². The predicted molar refractivity (Wildman–Crippen MR) is 75.5 cm³/mol. The summed E-state index contributed by atoms with van der Waals surface area (Å²) in [6.07, 6.45) is 0.680. The minimum atomic E-state index is -4.36. The first-order chi connectivity index (χ1) is 10.4. The minimum absolute atomic E-state index is 0.0886. The Labute approximate surface area is 126 Å². The first-order valence-corrected chi connectivity index (χ1v) is 6.92. The molecule has 6 heteroatoms. The molecular weight excluding hydrogens is 297 g/mol. The number of ketones is 1. The molecule has 1 fully saturated rings. The van der Waals surface area contributed by atoms with E-state index in [1.54, 1.807) is 24.3 Å². The molecule has 1 aliphatic rings. The molecule has 0 amide bonds. The quantitative estimate of drug-likeness (QED) is 0.719. The van der Waals surface area contributed by atoms with Crippen LogP contribution in [0, 0.1) is 5.92 Å². The Hall–Kier alpha value is -1.82. The molecule has 0 N–H and O–H groups in total. The van der Waals surface area contributed by atoms with Gasteiger partial charge in [0.1, 0.15) is 12.4 Å². The van der Waals surface area contributed by atoms with Crippen molar-refractivity contribution >= 4 is 11.9 Å². The first kappa shape index (κ1) is 16.5. The Morgan fingerprint density at radius 2 is 2.09 bits per heavy atom. The van der Waals surface area contributed by atoms with Crippen LogP contribution in [0.25, 0.3) is 6.08 Å². The summed E-state index contributed by atoms with van der Waals surface area (Å²) >= 11 is 0. The number of hydrogen-bond donors (Lipinski definition) is 0. The standard InChI is InChI=1S/C16H17F3O3/c1-21-15-7-3-11(2-6-14(20)12-4-5-12)8-13(15)9-22-10-16(17,18)19/h2-3,6-8,12H,4-5,9-10H2,1H3/b6-2+. The van der Waals surface area contributed by atoms with E-state index in [2.05, 4.69) is 4.74 Å². The Morgan fingerprint density at radius 3 is 2.68 bits per heavy atom. The molecule has 0 saturated heterocycles. The van der Waals surface area contributed by atoms with E-state index in [0.29, 0.717) is 11.3 Å². The maximum Gasteiger partial charge on any atom is 0.411 e. The van der Waals surface area contributed by atoms with Gasteiger partial charge in [0.15, 0.2) is 5.78 Å². The number of hydrogen-bond acceptors (Lipinski definition) is 3. The van der Waals surface area contributed by atoms with E-state index in [1.807, 2.05) is 0 Å². The van der Waals surface area contributed by atoms with Gasteiger partial charge in [-0.1, -0.05) is 12.1 Å². The maximum absolute atomic E-state index is 12.1. The van der Waals surface area contributed by atoms with Crippen molar-refractivity contribution < 1.29 is 27.4 Å². The molecule has 22 heavy (non-hydrogen) atoms. The number of allylic oxidation sites excluding steroid dienone is 1. The SMILES string of the molecule is COc1ccc(/C=C/C(=O)C2CC2)cc1COCC(F)(F)F. The summed E-state index contributed by atoms with van der Waals surface area (Å²) in [6, 6.07) is 5.04. The van der Waals surface area contributed by atoms with Crippen molar-refractivity contribution in [3.63, 3.8) is 0 Å². The van der Waals surface area contributed by atoms with Gasteiger partial charge in [0.2, 0.25) is 0 Å². The fourth-order valence-corrected chi connectivity index (χ4v) is 1.97. The second-order valence-electron chi connectivity index (χ2n) is 5.19. The Balaban J connectivity index is 2.03. The van der Waals surface area contributed by atoms with Gasteiger partial charge in [0, 0.05) is 11.5 Å². The molecule has 3 nitrogen and oxygen atoms in total. The Kier molecular flexibility index (Phi) is 5.24. The fourth-order valence-electron chi connectivity index (χ4n) is 1.97. The molecular formula is C16H17F3O3. The van der Waals surface area contributed by atoms with Crippen molar-refractivity contribution in [2.24, 2.45) is 5.92 Å². The van der Waals surface area contributed by atoms with Gasteiger partial charge in [-0.2, -0.15) is 13.2 Å². The van der Waals surface area contributed by atoms with Crippen molar-refractivity contribution in [1.82, 2.24) is 0 Å². The van der Waals surface area contributed by atoms with Crippen LogP contribution in [0.4, 0.5) is 13.2 Å². The van der Waals surface area contributed by atoms with Crippen LogP contribution in [0.5, 0.6) is 5.75 Å². The van der Waals surface area contributed by atoms with Crippen molar-refractivity contribution in [2.45, 2.75) is 25.6 Å². The molecule has 0 unspecified atom stereocenters. The molecule has 120 valence electrons. The zero-order valence-corrected chi connectivity index (χ0v) is 12.2. The zero-order chi connectivity index (χ0) is 16.2. The Morgan fingerprint density at radius 1 is 1.36 bits per heavy atom. The summed E-state index contributed by atoms with van der Waals surface area (Å²) in [6.45, 7) is -1.52. The molecule has 0 bridgehead atoms. The molecule has 0 aliphatic heterocycles. The number of carbonyl (C=O) groups is 1. The second-order valence-corrected chi connectivity index (χ2v) is 5.19. The summed E-state index contributed by atoms with van der Waals surface area (Å²) in [4.78, 5) is 11.6.